The van der Waals surface area contributed by atoms with Crippen molar-refractivity contribution in [1.82, 2.24) is 0 Å². The highest BCUT2D eigenvalue weighted by atomic mass is 16.7. The molecule has 0 heterocycles. The molecule has 2 atom stereocenters. The number of rotatable bonds is 79. The van der Waals surface area contributed by atoms with Gasteiger partial charge in [0.15, 0.2) is 12.4 Å². The van der Waals surface area contributed by atoms with Gasteiger partial charge in [-0.25, -0.2) is 0 Å². The molecule has 0 radical (unpaired) electrons. The molecule has 0 N–H and O–H groups in total. The average molecular weight is 1390 g/mol. The summed E-state index contributed by atoms with van der Waals surface area (Å²) >= 11 is 0. The number of carbonyl (C=O) groups is 3. The number of ether oxygens (including phenoxy) is 4. The second-order valence-electron chi connectivity index (χ2n) is 29.7. The van der Waals surface area contributed by atoms with Crippen molar-refractivity contribution in [2.45, 2.75) is 411 Å². The van der Waals surface area contributed by atoms with Gasteiger partial charge in [-0.05, 0) is 96.3 Å². The number of hydrogen-bond donors (Lipinski definition) is 0. The second-order valence-corrected chi connectivity index (χ2v) is 29.7. The predicted molar refractivity (Wildman–Crippen MR) is 426 cm³/mol. The summed E-state index contributed by atoms with van der Waals surface area (Å²) in [5.41, 5.74) is 0. The molecule has 9 nitrogen and oxygen atoms in total. The van der Waals surface area contributed by atoms with E-state index in [1.54, 1.807) is 0 Å². The highest BCUT2D eigenvalue weighted by Crippen LogP contribution is 2.20. The molecule has 99 heavy (non-hydrogen) atoms. The van der Waals surface area contributed by atoms with Crippen LogP contribution in [0.2, 0.25) is 0 Å². The molecule has 0 aliphatic heterocycles. The fraction of sp³-hybridized carbons (Fsp3) is 0.789. The molecule has 0 aromatic carbocycles. The van der Waals surface area contributed by atoms with Gasteiger partial charge in [-0.3, -0.25) is 9.59 Å². The van der Waals surface area contributed by atoms with Crippen LogP contribution in [-0.2, 0) is 33.3 Å². The first-order chi connectivity index (χ1) is 48.6. The van der Waals surface area contributed by atoms with Crippen molar-refractivity contribution in [3.05, 3.63) is 97.2 Å². The van der Waals surface area contributed by atoms with Crippen molar-refractivity contribution < 1.29 is 42.9 Å². The van der Waals surface area contributed by atoms with Gasteiger partial charge in [0.05, 0.1) is 40.3 Å². The van der Waals surface area contributed by atoms with E-state index in [0.29, 0.717) is 23.9 Å². The van der Waals surface area contributed by atoms with Gasteiger partial charge < -0.3 is 33.3 Å². The molecule has 2 unspecified atom stereocenters. The molecule has 0 spiro atoms. The molecule has 9 heteroatoms. The largest absolute Gasteiger partial charge is 0.545 e. The molecule has 0 saturated carbocycles. The number of hydrogen-bond acceptors (Lipinski definition) is 8. The summed E-state index contributed by atoms with van der Waals surface area (Å²) in [6, 6.07) is 0. The number of carboxylic acid groups (broad SMARTS) is 1. The number of aliphatic carboxylic acids is 1. The predicted octanol–water partition coefficient (Wildman–Crippen LogP) is 26.2. The topological polar surface area (TPSA) is 111 Å². The van der Waals surface area contributed by atoms with Crippen molar-refractivity contribution in [3.8, 4) is 0 Å². The van der Waals surface area contributed by atoms with E-state index in [-0.39, 0.29) is 32.2 Å². The number of carboxylic acids is 1. The van der Waals surface area contributed by atoms with E-state index in [0.717, 1.165) is 83.5 Å². The van der Waals surface area contributed by atoms with Crippen LogP contribution in [0.15, 0.2) is 97.2 Å². The molecule has 0 rings (SSSR count). The summed E-state index contributed by atoms with van der Waals surface area (Å²) in [6.45, 7) is 4.69. The van der Waals surface area contributed by atoms with Gasteiger partial charge in [-0.1, -0.05) is 387 Å². The molecule has 0 aromatic heterocycles. The number of esters is 2. The maximum Gasteiger partial charge on any atom is 0.306 e. The fourth-order valence-electron chi connectivity index (χ4n) is 12.4. The Morgan fingerprint density at radius 1 is 0.313 bits per heavy atom. The minimum absolute atomic E-state index is 0.147. The third kappa shape index (κ3) is 81.4. The molecule has 574 valence electrons. The third-order valence-electron chi connectivity index (χ3n) is 18.8. The molecule has 0 fully saturated rings. The summed E-state index contributed by atoms with van der Waals surface area (Å²) in [4.78, 5) is 37.7. The van der Waals surface area contributed by atoms with Crippen LogP contribution < -0.4 is 5.11 Å². The van der Waals surface area contributed by atoms with Gasteiger partial charge in [0.1, 0.15) is 13.2 Å². The standard InChI is InChI=1S/C90H161NO8/c1-6-8-10-12-14-16-18-20-22-24-26-28-30-32-34-36-38-40-42-44-46-48-50-52-54-56-58-60-62-64-66-68-70-72-74-76-78-80-87(92)97-84-86(85-98-90(89(94)95)96-83-82-91(3,4)5)99-88(93)81-79-77-75-73-71-69-67-65-63-61-59-57-55-53-51-49-47-45-43-41-39-37-35-33-31-29-27-25-23-21-19-17-15-13-11-9-7-2/h9,11,15,17,21,23-24,26-27,29,33,35,39,41,45,47,86,90H,6-8,10,12-14,16,18-20,22,25,28,30-32,34,36-38,40,42-44,46,48-85H2,1-5H3/b11-9-,17-15-,23-21-,26-24-,29-27-,35-33-,41-39-,47-45-. The van der Waals surface area contributed by atoms with Crippen molar-refractivity contribution in [3.63, 3.8) is 0 Å². The Hall–Kier alpha value is -3.79. The zero-order valence-corrected chi connectivity index (χ0v) is 65.9. The van der Waals surface area contributed by atoms with Gasteiger partial charge >= 0.3 is 11.9 Å². The lowest BCUT2D eigenvalue weighted by Gasteiger charge is -2.26. The number of allylic oxidation sites excluding steroid dienone is 16. The summed E-state index contributed by atoms with van der Waals surface area (Å²) in [5.74, 6) is -2.26. The van der Waals surface area contributed by atoms with E-state index in [9.17, 15) is 19.5 Å². The van der Waals surface area contributed by atoms with E-state index in [2.05, 4.69) is 111 Å². The van der Waals surface area contributed by atoms with E-state index in [4.69, 9.17) is 18.9 Å². The normalized spacial score (nSPS) is 13.1. The zero-order chi connectivity index (χ0) is 71.8. The van der Waals surface area contributed by atoms with Crippen molar-refractivity contribution in [2.75, 3.05) is 47.5 Å². The van der Waals surface area contributed by atoms with Gasteiger partial charge in [0, 0.05) is 12.8 Å². The van der Waals surface area contributed by atoms with E-state index < -0.39 is 24.3 Å². The van der Waals surface area contributed by atoms with Gasteiger partial charge in [-0.15, -0.1) is 0 Å². The van der Waals surface area contributed by atoms with E-state index in [1.807, 2.05) is 21.1 Å². The first kappa shape index (κ1) is 95.2. The smallest absolute Gasteiger partial charge is 0.306 e. The van der Waals surface area contributed by atoms with E-state index in [1.165, 1.54) is 283 Å². The molecule has 0 aromatic rings. The Kier molecular flexibility index (Phi) is 76.8. The maximum absolute atomic E-state index is 13.0. The first-order valence-electron chi connectivity index (χ1n) is 42.4. The van der Waals surface area contributed by atoms with Crippen LogP contribution in [0.3, 0.4) is 0 Å². The summed E-state index contributed by atoms with van der Waals surface area (Å²) < 4.78 is 22.9. The molecule has 0 aliphatic rings. The Bertz CT molecular complexity index is 1960. The zero-order valence-electron chi connectivity index (χ0n) is 65.9. The molecule has 0 amide bonds. The van der Waals surface area contributed by atoms with Crippen LogP contribution >= 0.6 is 0 Å². The van der Waals surface area contributed by atoms with Crippen LogP contribution in [-0.4, -0.2) is 82.3 Å². The van der Waals surface area contributed by atoms with Crippen LogP contribution in [0.5, 0.6) is 0 Å². The summed E-state index contributed by atoms with van der Waals surface area (Å²) in [7, 11) is 5.95. The van der Waals surface area contributed by atoms with E-state index >= 15 is 0 Å². The van der Waals surface area contributed by atoms with Gasteiger partial charge in [0.2, 0.25) is 0 Å². The number of quaternary nitrogens is 1. The minimum atomic E-state index is -1.62. The number of likely N-dealkylation sites (N-methyl/N-ethyl adjacent to an activating group) is 1. The van der Waals surface area contributed by atoms with Gasteiger partial charge in [0.25, 0.3) is 0 Å². The Morgan fingerprint density at radius 3 is 0.869 bits per heavy atom. The van der Waals surface area contributed by atoms with Crippen LogP contribution in [0.4, 0.5) is 0 Å². The second kappa shape index (κ2) is 79.9. The SMILES string of the molecule is CC/C=C\C/C=C\C/C=C\C/C=C\C/C=C\C/C=C\C/C=C\CCCCCCCCCCCCCCCCCC(=O)OC(COC(=O)CCCCCCCCCCCCCCCCCCCCCCCCCCC/C=C\CCCCCCCCCC)COC(OCC[N+](C)(C)C)C(=O)[O-]. The molecular formula is C90H161NO8. The fourth-order valence-corrected chi connectivity index (χ4v) is 12.4. The average Bonchev–Trinajstić information content (AvgIpc) is 2.19. The molecular weight excluding hydrogens is 1220 g/mol. The number of carbonyl (C=O) groups excluding carboxylic acids is 3. The number of nitrogens with zero attached hydrogens (tertiary/aromatic N) is 1. The Morgan fingerprint density at radius 2 is 0.576 bits per heavy atom. The minimum Gasteiger partial charge on any atom is -0.545 e. The lowest BCUT2D eigenvalue weighted by molar-refractivity contribution is -0.870. The highest BCUT2D eigenvalue weighted by Gasteiger charge is 2.22. The molecule has 0 aliphatic carbocycles. The number of unbranched alkanes of at least 4 members (excludes halogenated alkanes) is 48. The monoisotopic (exact) mass is 1380 g/mol. The quantitative estimate of drug-likeness (QED) is 0.0195. The lowest BCUT2D eigenvalue weighted by Crippen LogP contribution is -2.44. The van der Waals surface area contributed by atoms with Crippen molar-refractivity contribution >= 4 is 17.9 Å². The van der Waals surface area contributed by atoms with Crippen LogP contribution in [0, 0.1) is 0 Å². The Labute approximate surface area is 613 Å². The van der Waals surface area contributed by atoms with Crippen molar-refractivity contribution in [1.29, 1.82) is 0 Å². The Balaban J connectivity index is 3.98. The van der Waals surface area contributed by atoms with Crippen molar-refractivity contribution in [2.24, 2.45) is 0 Å². The summed E-state index contributed by atoms with van der Waals surface area (Å²) in [5, 5.41) is 11.9. The van der Waals surface area contributed by atoms with Crippen LogP contribution in [0.25, 0.3) is 0 Å². The molecule has 0 saturated heterocycles. The lowest BCUT2D eigenvalue weighted by atomic mass is 10.0. The molecule has 0 bridgehead atoms. The third-order valence-corrected chi connectivity index (χ3v) is 18.8. The van der Waals surface area contributed by atoms with Gasteiger partial charge in [-0.2, -0.15) is 0 Å². The summed E-state index contributed by atoms with van der Waals surface area (Å²) in [6.07, 6.45) is 108. The van der Waals surface area contributed by atoms with Crippen LogP contribution in [0.1, 0.15) is 399 Å². The first-order valence-corrected chi connectivity index (χ1v) is 42.4. The maximum atomic E-state index is 13.0. The highest BCUT2D eigenvalue weighted by molar-refractivity contribution is 5.70.